The lowest BCUT2D eigenvalue weighted by molar-refractivity contribution is 0.0526. The zero-order valence-corrected chi connectivity index (χ0v) is 16.4. The Labute approximate surface area is 166 Å². The van der Waals surface area contributed by atoms with Crippen LogP contribution in [0.2, 0.25) is 5.02 Å². The van der Waals surface area contributed by atoms with Gasteiger partial charge in [-0.15, -0.1) is 11.3 Å². The standard InChI is InChI=1S/C20H17ClN2O3S/c1-3-26-20(25)13-4-5-16(21)15(12-13)17-6-7-18(27-17)19(24)23(2)14-8-10-22-11-9-14/h4-12H,3H2,1-2H3. The van der Waals surface area contributed by atoms with E-state index in [2.05, 4.69) is 4.98 Å². The SMILES string of the molecule is CCOC(=O)c1ccc(Cl)c(-c2ccc(C(=O)N(C)c3ccncc3)s2)c1. The van der Waals surface area contributed by atoms with E-state index in [0.29, 0.717) is 27.6 Å². The van der Waals surface area contributed by atoms with Crippen molar-refractivity contribution in [2.45, 2.75) is 6.92 Å². The van der Waals surface area contributed by atoms with Crippen molar-refractivity contribution in [2.24, 2.45) is 0 Å². The first-order valence-corrected chi connectivity index (χ1v) is 9.45. The first kappa shape index (κ1) is 19.1. The lowest BCUT2D eigenvalue weighted by Gasteiger charge is -2.15. The molecule has 27 heavy (non-hydrogen) atoms. The molecule has 0 aliphatic rings. The fraction of sp³-hybridized carbons (Fsp3) is 0.150. The van der Waals surface area contributed by atoms with Crippen molar-refractivity contribution in [3.05, 3.63) is 70.3 Å². The van der Waals surface area contributed by atoms with Crippen molar-refractivity contribution in [2.75, 3.05) is 18.6 Å². The van der Waals surface area contributed by atoms with Gasteiger partial charge >= 0.3 is 5.97 Å². The highest BCUT2D eigenvalue weighted by Crippen LogP contribution is 2.35. The average Bonchev–Trinajstić information content (AvgIpc) is 3.18. The summed E-state index contributed by atoms with van der Waals surface area (Å²) in [4.78, 5) is 31.6. The van der Waals surface area contributed by atoms with Crippen LogP contribution in [-0.4, -0.2) is 30.5 Å². The predicted molar refractivity (Wildman–Crippen MR) is 108 cm³/mol. The van der Waals surface area contributed by atoms with Gasteiger partial charge in [-0.1, -0.05) is 11.6 Å². The quantitative estimate of drug-likeness (QED) is 0.570. The summed E-state index contributed by atoms with van der Waals surface area (Å²) >= 11 is 7.63. The van der Waals surface area contributed by atoms with Crippen LogP contribution in [0.1, 0.15) is 27.0 Å². The average molecular weight is 401 g/mol. The molecular weight excluding hydrogens is 384 g/mol. The zero-order chi connectivity index (χ0) is 19.4. The molecule has 3 aromatic rings. The number of esters is 1. The molecule has 0 spiro atoms. The number of nitrogens with zero attached hydrogens (tertiary/aromatic N) is 2. The molecule has 0 radical (unpaired) electrons. The maximum Gasteiger partial charge on any atom is 0.338 e. The summed E-state index contributed by atoms with van der Waals surface area (Å²) in [5.41, 5.74) is 1.87. The lowest BCUT2D eigenvalue weighted by atomic mass is 10.1. The Hall–Kier alpha value is -2.70. The molecule has 3 rings (SSSR count). The molecule has 2 heterocycles. The second-order valence-electron chi connectivity index (χ2n) is 5.65. The largest absolute Gasteiger partial charge is 0.462 e. The number of anilines is 1. The van der Waals surface area contributed by atoms with Crippen LogP contribution in [0.25, 0.3) is 10.4 Å². The molecule has 0 saturated heterocycles. The van der Waals surface area contributed by atoms with Gasteiger partial charge in [0.1, 0.15) is 0 Å². The normalized spacial score (nSPS) is 10.5. The Kier molecular flexibility index (Phi) is 5.88. The van der Waals surface area contributed by atoms with Gasteiger partial charge in [0.2, 0.25) is 0 Å². The van der Waals surface area contributed by atoms with Crippen LogP contribution in [0.3, 0.4) is 0 Å². The van der Waals surface area contributed by atoms with Gasteiger partial charge in [-0.2, -0.15) is 0 Å². The van der Waals surface area contributed by atoms with Crippen molar-refractivity contribution in [3.63, 3.8) is 0 Å². The number of pyridine rings is 1. The molecule has 1 amide bonds. The topological polar surface area (TPSA) is 59.5 Å². The summed E-state index contributed by atoms with van der Waals surface area (Å²) in [5, 5.41) is 0.506. The van der Waals surface area contributed by atoms with E-state index < -0.39 is 5.97 Å². The van der Waals surface area contributed by atoms with Gasteiger partial charge in [-0.25, -0.2) is 4.79 Å². The second-order valence-corrected chi connectivity index (χ2v) is 7.14. The summed E-state index contributed by atoms with van der Waals surface area (Å²) in [6, 6.07) is 12.1. The number of thiophene rings is 1. The molecule has 0 N–H and O–H groups in total. The highest BCUT2D eigenvalue weighted by Gasteiger charge is 2.18. The Morgan fingerprint density at radius 3 is 2.59 bits per heavy atom. The number of amides is 1. The van der Waals surface area contributed by atoms with E-state index in [4.69, 9.17) is 16.3 Å². The molecule has 138 valence electrons. The van der Waals surface area contributed by atoms with Crippen molar-refractivity contribution >= 4 is 40.5 Å². The van der Waals surface area contributed by atoms with Crippen molar-refractivity contribution in [1.29, 1.82) is 0 Å². The minimum Gasteiger partial charge on any atom is -0.462 e. The van der Waals surface area contributed by atoms with Gasteiger partial charge in [-0.05, 0) is 49.4 Å². The minimum absolute atomic E-state index is 0.130. The summed E-state index contributed by atoms with van der Waals surface area (Å²) in [7, 11) is 1.71. The maximum atomic E-state index is 12.7. The first-order valence-electron chi connectivity index (χ1n) is 8.26. The zero-order valence-electron chi connectivity index (χ0n) is 14.8. The number of carbonyl (C=O) groups excluding carboxylic acids is 2. The Bertz CT molecular complexity index is 972. The van der Waals surface area contributed by atoms with Gasteiger partial charge in [0.05, 0.1) is 17.0 Å². The number of rotatable bonds is 5. The smallest absolute Gasteiger partial charge is 0.338 e. The molecular formula is C20H17ClN2O3S. The van der Waals surface area contributed by atoms with Gasteiger partial charge in [-0.3, -0.25) is 9.78 Å². The fourth-order valence-electron chi connectivity index (χ4n) is 2.50. The molecule has 0 aliphatic carbocycles. The summed E-state index contributed by atoms with van der Waals surface area (Å²) in [6.07, 6.45) is 3.28. The number of carbonyl (C=O) groups is 2. The predicted octanol–water partition coefficient (Wildman–Crippen LogP) is 4.92. The summed E-state index contributed by atoms with van der Waals surface area (Å²) in [5.74, 6) is -0.532. The number of halogens is 1. The van der Waals surface area contributed by atoms with E-state index in [1.807, 2.05) is 6.07 Å². The molecule has 0 fully saturated rings. The Morgan fingerprint density at radius 1 is 1.15 bits per heavy atom. The Morgan fingerprint density at radius 2 is 1.89 bits per heavy atom. The second kappa shape index (κ2) is 8.33. The molecule has 0 bridgehead atoms. The van der Waals surface area contributed by atoms with Crippen molar-refractivity contribution < 1.29 is 14.3 Å². The lowest BCUT2D eigenvalue weighted by Crippen LogP contribution is -2.25. The molecule has 2 aromatic heterocycles. The van der Waals surface area contributed by atoms with Crippen LogP contribution in [0.15, 0.2) is 54.9 Å². The first-order chi connectivity index (χ1) is 13.0. The highest BCUT2D eigenvalue weighted by molar-refractivity contribution is 7.17. The van der Waals surface area contributed by atoms with E-state index in [1.54, 1.807) is 67.7 Å². The molecule has 0 unspecified atom stereocenters. The van der Waals surface area contributed by atoms with E-state index in [-0.39, 0.29) is 5.91 Å². The van der Waals surface area contributed by atoms with Crippen LogP contribution in [0.4, 0.5) is 5.69 Å². The fourth-order valence-corrected chi connectivity index (χ4v) is 3.79. The molecule has 0 aliphatic heterocycles. The third kappa shape index (κ3) is 4.18. The number of ether oxygens (including phenoxy) is 1. The minimum atomic E-state index is -0.402. The molecule has 0 saturated carbocycles. The van der Waals surface area contributed by atoms with Crippen LogP contribution < -0.4 is 4.90 Å². The molecule has 5 nitrogen and oxygen atoms in total. The van der Waals surface area contributed by atoms with Gasteiger partial charge in [0.25, 0.3) is 5.91 Å². The van der Waals surface area contributed by atoms with Gasteiger partial charge in [0.15, 0.2) is 0 Å². The number of hydrogen-bond acceptors (Lipinski definition) is 5. The number of benzene rings is 1. The van der Waals surface area contributed by atoms with Crippen molar-refractivity contribution in [3.8, 4) is 10.4 Å². The third-order valence-electron chi connectivity index (χ3n) is 3.91. The third-order valence-corrected chi connectivity index (χ3v) is 5.35. The highest BCUT2D eigenvalue weighted by atomic mass is 35.5. The van der Waals surface area contributed by atoms with E-state index in [0.717, 1.165) is 10.6 Å². The van der Waals surface area contributed by atoms with Crippen molar-refractivity contribution in [1.82, 2.24) is 4.98 Å². The summed E-state index contributed by atoms with van der Waals surface area (Å²) in [6.45, 7) is 2.06. The summed E-state index contributed by atoms with van der Waals surface area (Å²) < 4.78 is 5.04. The van der Waals surface area contributed by atoms with Crippen LogP contribution >= 0.6 is 22.9 Å². The molecule has 7 heteroatoms. The number of aromatic nitrogens is 1. The monoisotopic (exact) mass is 400 g/mol. The molecule has 1 aromatic carbocycles. The Balaban J connectivity index is 1.88. The van der Waals surface area contributed by atoms with Crippen LogP contribution in [0.5, 0.6) is 0 Å². The van der Waals surface area contributed by atoms with E-state index in [1.165, 1.54) is 11.3 Å². The molecule has 0 atom stereocenters. The van der Waals surface area contributed by atoms with Gasteiger partial charge < -0.3 is 9.64 Å². The van der Waals surface area contributed by atoms with Crippen LogP contribution in [0, 0.1) is 0 Å². The number of hydrogen-bond donors (Lipinski definition) is 0. The van der Waals surface area contributed by atoms with E-state index in [9.17, 15) is 9.59 Å². The maximum absolute atomic E-state index is 12.7. The van der Waals surface area contributed by atoms with Crippen LogP contribution in [-0.2, 0) is 4.74 Å². The van der Waals surface area contributed by atoms with Gasteiger partial charge in [0, 0.05) is 40.6 Å². The van der Waals surface area contributed by atoms with E-state index >= 15 is 0 Å².